The summed E-state index contributed by atoms with van der Waals surface area (Å²) in [6.45, 7) is 0. The molecule has 0 N–H and O–H groups in total. The molecule has 2 aromatic rings. The maximum Gasteiger partial charge on any atom is 0.136 e. The maximum atomic E-state index is 11.5. The molecule has 2 aromatic carbocycles. The van der Waals surface area contributed by atoms with Crippen LogP contribution in [-0.2, 0) is 4.79 Å². The number of ketones is 1. The van der Waals surface area contributed by atoms with Crippen LogP contribution in [0.5, 0.6) is 0 Å². The van der Waals surface area contributed by atoms with Crippen molar-refractivity contribution in [3.63, 3.8) is 0 Å². The standard InChI is InChI=1S/C23H26OSi/c24-21-13-11-19(12-14-21)20-15-17-25(18-16-20,22-7-3-1-4-8-22)23-9-5-2-6-10-23/h1-11,20H,12-18H2. The Morgan fingerprint density at radius 1 is 0.760 bits per heavy atom. The first-order chi connectivity index (χ1) is 12.3. The lowest BCUT2D eigenvalue weighted by atomic mass is 9.85. The van der Waals surface area contributed by atoms with E-state index in [1.165, 1.54) is 24.9 Å². The van der Waals surface area contributed by atoms with Gasteiger partial charge in [-0.1, -0.05) is 82.7 Å². The Balaban J connectivity index is 1.61. The van der Waals surface area contributed by atoms with Crippen LogP contribution in [0.3, 0.4) is 0 Å². The molecule has 1 saturated heterocycles. The van der Waals surface area contributed by atoms with E-state index in [2.05, 4.69) is 66.7 Å². The Morgan fingerprint density at radius 3 is 1.80 bits per heavy atom. The molecule has 1 fully saturated rings. The number of Topliss-reactive ketones (excluding diaryl/α,β-unsaturated/α-hetero) is 1. The molecule has 25 heavy (non-hydrogen) atoms. The molecule has 1 aliphatic heterocycles. The van der Waals surface area contributed by atoms with Crippen molar-refractivity contribution in [2.75, 3.05) is 0 Å². The van der Waals surface area contributed by atoms with Crippen LogP contribution in [0.25, 0.3) is 0 Å². The molecule has 0 amide bonds. The van der Waals surface area contributed by atoms with Gasteiger partial charge in [0.05, 0.1) is 0 Å². The van der Waals surface area contributed by atoms with Gasteiger partial charge in [0.1, 0.15) is 13.9 Å². The zero-order chi connectivity index (χ0) is 17.1. The van der Waals surface area contributed by atoms with Gasteiger partial charge in [0, 0.05) is 12.8 Å². The van der Waals surface area contributed by atoms with Crippen molar-refractivity contribution in [2.45, 2.75) is 44.2 Å². The number of rotatable bonds is 3. The lowest BCUT2D eigenvalue weighted by molar-refractivity contribution is -0.118. The number of allylic oxidation sites excluding steroid dienone is 2. The summed E-state index contributed by atoms with van der Waals surface area (Å²) in [6.07, 6.45) is 7.27. The van der Waals surface area contributed by atoms with Gasteiger partial charge in [-0.15, -0.1) is 0 Å². The summed E-state index contributed by atoms with van der Waals surface area (Å²) >= 11 is 0. The summed E-state index contributed by atoms with van der Waals surface area (Å²) in [4.78, 5) is 11.5. The van der Waals surface area contributed by atoms with Crippen LogP contribution >= 0.6 is 0 Å². The third-order valence-electron chi connectivity index (χ3n) is 6.30. The third kappa shape index (κ3) is 3.28. The molecule has 1 nitrogen and oxygen atoms in total. The largest absolute Gasteiger partial charge is 0.299 e. The number of carbonyl (C=O) groups is 1. The molecule has 0 atom stereocenters. The smallest absolute Gasteiger partial charge is 0.136 e. The first-order valence-corrected chi connectivity index (χ1v) is 12.0. The van der Waals surface area contributed by atoms with Crippen LogP contribution < -0.4 is 10.4 Å². The topological polar surface area (TPSA) is 17.1 Å². The Morgan fingerprint density at radius 2 is 1.32 bits per heavy atom. The summed E-state index contributed by atoms with van der Waals surface area (Å²) in [5.41, 5.74) is 1.57. The zero-order valence-corrected chi connectivity index (χ0v) is 15.8. The van der Waals surface area contributed by atoms with E-state index < -0.39 is 8.07 Å². The highest BCUT2D eigenvalue weighted by molar-refractivity contribution is 7.02. The maximum absolute atomic E-state index is 11.5. The molecule has 2 heteroatoms. The van der Waals surface area contributed by atoms with E-state index in [1.807, 2.05) is 0 Å². The molecule has 1 heterocycles. The highest BCUT2D eigenvalue weighted by atomic mass is 28.3. The fraction of sp³-hybridized carbons (Fsp3) is 0.348. The van der Waals surface area contributed by atoms with Crippen molar-refractivity contribution in [2.24, 2.45) is 5.92 Å². The van der Waals surface area contributed by atoms with E-state index in [0.717, 1.165) is 12.8 Å². The molecule has 0 unspecified atom stereocenters. The third-order valence-corrected chi connectivity index (χ3v) is 11.5. The van der Waals surface area contributed by atoms with Crippen LogP contribution in [0.15, 0.2) is 72.3 Å². The van der Waals surface area contributed by atoms with Gasteiger partial charge in [0.25, 0.3) is 0 Å². The Bertz CT molecular complexity index is 714. The molecular weight excluding hydrogens is 320 g/mol. The molecule has 0 bridgehead atoms. The van der Waals surface area contributed by atoms with Crippen molar-refractivity contribution in [1.29, 1.82) is 0 Å². The van der Waals surface area contributed by atoms with Crippen LogP contribution in [0.2, 0.25) is 12.1 Å². The molecule has 128 valence electrons. The molecule has 4 rings (SSSR count). The van der Waals surface area contributed by atoms with Gasteiger partial charge < -0.3 is 0 Å². The van der Waals surface area contributed by atoms with Gasteiger partial charge in [0.15, 0.2) is 0 Å². The van der Waals surface area contributed by atoms with Gasteiger partial charge >= 0.3 is 0 Å². The number of benzene rings is 2. The molecule has 0 aromatic heterocycles. The second kappa shape index (κ2) is 7.13. The van der Waals surface area contributed by atoms with Crippen LogP contribution in [-0.4, -0.2) is 13.9 Å². The minimum Gasteiger partial charge on any atom is -0.299 e. The predicted molar refractivity (Wildman–Crippen MR) is 107 cm³/mol. The molecular formula is C23H26OSi. The second-order valence-electron chi connectivity index (χ2n) is 7.61. The summed E-state index contributed by atoms with van der Waals surface area (Å²) in [5.74, 6) is 1.12. The Hall–Kier alpha value is -1.93. The van der Waals surface area contributed by atoms with Crippen LogP contribution in [0.4, 0.5) is 0 Å². The van der Waals surface area contributed by atoms with Gasteiger partial charge in [-0.3, -0.25) is 4.79 Å². The van der Waals surface area contributed by atoms with Crippen molar-refractivity contribution in [3.05, 3.63) is 72.3 Å². The van der Waals surface area contributed by atoms with E-state index in [4.69, 9.17) is 0 Å². The summed E-state index contributed by atoms with van der Waals surface area (Å²) in [7, 11) is -1.65. The highest BCUT2D eigenvalue weighted by Gasteiger charge is 2.41. The van der Waals surface area contributed by atoms with Crippen LogP contribution in [0.1, 0.15) is 32.1 Å². The zero-order valence-electron chi connectivity index (χ0n) is 14.8. The summed E-state index contributed by atoms with van der Waals surface area (Å²) in [6, 6.07) is 25.2. The average molecular weight is 347 g/mol. The minimum atomic E-state index is -1.65. The monoisotopic (exact) mass is 346 g/mol. The summed E-state index contributed by atoms with van der Waals surface area (Å²) < 4.78 is 0. The van der Waals surface area contributed by atoms with Crippen LogP contribution in [0, 0.1) is 5.92 Å². The molecule has 0 radical (unpaired) electrons. The van der Waals surface area contributed by atoms with Gasteiger partial charge in [-0.25, -0.2) is 0 Å². The van der Waals surface area contributed by atoms with E-state index in [0.29, 0.717) is 18.1 Å². The minimum absolute atomic E-state index is 0.414. The van der Waals surface area contributed by atoms with E-state index in [-0.39, 0.29) is 0 Å². The number of carbonyl (C=O) groups excluding carboxylic acids is 1. The summed E-state index contributed by atoms with van der Waals surface area (Å²) in [5, 5.41) is 3.18. The van der Waals surface area contributed by atoms with Crippen molar-refractivity contribution >= 4 is 24.2 Å². The lowest BCUT2D eigenvalue weighted by Crippen LogP contribution is -2.59. The fourth-order valence-corrected chi connectivity index (χ4v) is 9.92. The SMILES string of the molecule is O=C1CC=C(C2CC[Si](c3ccccc3)(c3ccccc3)CC2)CC1. The van der Waals surface area contributed by atoms with E-state index in [1.54, 1.807) is 15.9 Å². The van der Waals surface area contributed by atoms with Crippen molar-refractivity contribution in [1.82, 2.24) is 0 Å². The van der Waals surface area contributed by atoms with Crippen molar-refractivity contribution in [3.8, 4) is 0 Å². The lowest BCUT2D eigenvalue weighted by Gasteiger charge is -2.40. The van der Waals surface area contributed by atoms with Gasteiger partial charge in [0.2, 0.25) is 0 Å². The average Bonchev–Trinajstić information content (AvgIpc) is 2.70. The highest BCUT2D eigenvalue weighted by Crippen LogP contribution is 2.38. The molecule has 0 saturated carbocycles. The van der Waals surface area contributed by atoms with E-state index >= 15 is 0 Å². The van der Waals surface area contributed by atoms with Gasteiger partial charge in [-0.2, -0.15) is 0 Å². The predicted octanol–water partition coefficient (Wildman–Crippen LogP) is 4.34. The van der Waals surface area contributed by atoms with Gasteiger partial charge in [-0.05, 0) is 37.3 Å². The number of hydrogen-bond donors (Lipinski definition) is 0. The normalized spacial score (nSPS) is 21.0. The first kappa shape index (κ1) is 16.5. The first-order valence-electron chi connectivity index (χ1n) is 9.60. The Kier molecular flexibility index (Phi) is 4.71. The molecule has 0 spiro atoms. The fourth-order valence-electron chi connectivity index (χ4n) is 4.84. The quantitative estimate of drug-likeness (QED) is 0.597. The second-order valence-corrected chi connectivity index (χ2v) is 11.9. The van der Waals surface area contributed by atoms with E-state index in [9.17, 15) is 4.79 Å². The van der Waals surface area contributed by atoms with Crippen molar-refractivity contribution < 1.29 is 4.79 Å². The number of hydrogen-bond acceptors (Lipinski definition) is 1. The molecule has 1 aliphatic carbocycles. The Labute approximate surface area is 151 Å². The molecule has 2 aliphatic rings.